The van der Waals surface area contributed by atoms with Gasteiger partial charge >= 0.3 is 0 Å². The van der Waals surface area contributed by atoms with Crippen LogP contribution < -0.4 is 4.72 Å². The van der Waals surface area contributed by atoms with Crippen LogP contribution in [0, 0.1) is 19.7 Å². The van der Waals surface area contributed by atoms with E-state index in [0.717, 1.165) is 17.0 Å². The van der Waals surface area contributed by atoms with Crippen molar-refractivity contribution < 1.29 is 17.3 Å². The Morgan fingerprint density at radius 3 is 2.61 bits per heavy atom. The molecule has 8 heteroatoms. The fraction of sp³-hybridized carbons (Fsp3) is 0.133. The molecule has 0 saturated carbocycles. The van der Waals surface area contributed by atoms with E-state index >= 15 is 0 Å². The third kappa shape index (κ3) is 3.27. The number of aromatic nitrogens is 1. The first-order valence-electron chi connectivity index (χ1n) is 6.68. The van der Waals surface area contributed by atoms with Crippen molar-refractivity contribution in [2.45, 2.75) is 18.1 Å². The van der Waals surface area contributed by atoms with Crippen LogP contribution in [0.15, 0.2) is 45.1 Å². The molecule has 3 aromatic rings. The smallest absolute Gasteiger partial charge is 0.271 e. The number of aryl methyl sites for hydroxylation is 2. The highest BCUT2D eigenvalue weighted by Crippen LogP contribution is 2.32. The van der Waals surface area contributed by atoms with E-state index in [1.165, 1.54) is 24.3 Å². The lowest BCUT2D eigenvalue weighted by atomic mass is 10.2. The van der Waals surface area contributed by atoms with Gasteiger partial charge in [0.15, 0.2) is 5.76 Å². The predicted molar refractivity (Wildman–Crippen MR) is 86.5 cm³/mol. The van der Waals surface area contributed by atoms with E-state index in [-0.39, 0.29) is 4.21 Å². The van der Waals surface area contributed by atoms with Gasteiger partial charge in [-0.1, -0.05) is 5.16 Å². The van der Waals surface area contributed by atoms with Crippen molar-refractivity contribution in [2.75, 3.05) is 4.72 Å². The number of nitrogens with zero attached hydrogens (tertiary/aromatic N) is 1. The number of sulfonamides is 1. The second-order valence-electron chi connectivity index (χ2n) is 5.02. The summed E-state index contributed by atoms with van der Waals surface area (Å²) < 4.78 is 45.7. The van der Waals surface area contributed by atoms with Crippen molar-refractivity contribution in [3.63, 3.8) is 0 Å². The fourth-order valence-electron chi connectivity index (χ4n) is 2.01. The molecule has 0 radical (unpaired) electrons. The van der Waals surface area contributed by atoms with Gasteiger partial charge in [0, 0.05) is 6.07 Å². The van der Waals surface area contributed by atoms with Crippen LogP contribution in [0.3, 0.4) is 0 Å². The summed E-state index contributed by atoms with van der Waals surface area (Å²) >= 11 is 1.08. The summed E-state index contributed by atoms with van der Waals surface area (Å²) in [7, 11) is -3.75. The molecule has 2 heterocycles. The Labute approximate surface area is 136 Å². The first-order valence-corrected chi connectivity index (χ1v) is 8.97. The number of rotatable bonds is 4. The molecule has 0 saturated heterocycles. The molecule has 0 aliphatic heterocycles. The van der Waals surface area contributed by atoms with Crippen LogP contribution in [0.5, 0.6) is 0 Å². The average molecular weight is 352 g/mol. The van der Waals surface area contributed by atoms with Crippen LogP contribution in [0.1, 0.15) is 11.3 Å². The van der Waals surface area contributed by atoms with Gasteiger partial charge < -0.3 is 4.52 Å². The highest BCUT2D eigenvalue weighted by molar-refractivity contribution is 7.94. The van der Waals surface area contributed by atoms with Gasteiger partial charge in [-0.3, -0.25) is 4.72 Å². The van der Waals surface area contributed by atoms with Crippen molar-refractivity contribution >= 4 is 27.0 Å². The molecule has 120 valence electrons. The highest BCUT2D eigenvalue weighted by atomic mass is 32.2. The topological polar surface area (TPSA) is 72.2 Å². The number of nitrogens with one attached hydrogen (secondary N) is 1. The summed E-state index contributed by atoms with van der Waals surface area (Å²) in [6.45, 7) is 3.43. The van der Waals surface area contributed by atoms with Crippen molar-refractivity contribution in [1.29, 1.82) is 0 Å². The maximum Gasteiger partial charge on any atom is 0.271 e. The van der Waals surface area contributed by atoms with Crippen molar-refractivity contribution in [3.05, 3.63) is 53.5 Å². The van der Waals surface area contributed by atoms with E-state index in [4.69, 9.17) is 4.52 Å². The lowest BCUT2D eigenvalue weighted by molar-refractivity contribution is 0.428. The first kappa shape index (κ1) is 15.7. The zero-order valence-corrected chi connectivity index (χ0v) is 14.0. The number of hydrogen-bond acceptors (Lipinski definition) is 5. The van der Waals surface area contributed by atoms with Gasteiger partial charge in [0.2, 0.25) is 0 Å². The summed E-state index contributed by atoms with van der Waals surface area (Å²) in [6.07, 6.45) is 0. The van der Waals surface area contributed by atoms with Crippen molar-refractivity contribution in [3.8, 4) is 10.6 Å². The number of benzene rings is 1. The molecule has 0 aliphatic rings. The number of anilines is 1. The van der Waals surface area contributed by atoms with Crippen LogP contribution in [0.4, 0.5) is 10.1 Å². The molecular formula is C15H13FN2O3S2. The summed E-state index contributed by atoms with van der Waals surface area (Å²) in [5.74, 6) is 0.108. The average Bonchev–Trinajstić information content (AvgIpc) is 3.10. The summed E-state index contributed by atoms with van der Waals surface area (Å²) in [4.78, 5) is 0.668. The molecule has 23 heavy (non-hydrogen) atoms. The zero-order chi connectivity index (χ0) is 16.6. The molecule has 0 bridgehead atoms. The number of thiophene rings is 1. The number of halogens is 1. The maximum atomic E-state index is 13.1. The van der Waals surface area contributed by atoms with Gasteiger partial charge in [-0.25, -0.2) is 12.8 Å². The maximum absolute atomic E-state index is 13.1. The third-order valence-corrected chi connectivity index (χ3v) is 6.11. The molecule has 0 fully saturated rings. The minimum atomic E-state index is -3.75. The molecule has 2 aromatic heterocycles. The van der Waals surface area contributed by atoms with E-state index in [9.17, 15) is 12.8 Å². The lowest BCUT2D eigenvalue weighted by Crippen LogP contribution is -2.12. The Kier molecular flexibility index (Phi) is 3.95. The third-order valence-electron chi connectivity index (χ3n) is 3.15. The van der Waals surface area contributed by atoms with Gasteiger partial charge in [0.1, 0.15) is 10.0 Å². The summed E-state index contributed by atoms with van der Waals surface area (Å²) in [5, 5.41) is 3.78. The van der Waals surface area contributed by atoms with Gasteiger partial charge in [-0.2, -0.15) is 0 Å². The van der Waals surface area contributed by atoms with E-state index in [2.05, 4.69) is 9.88 Å². The van der Waals surface area contributed by atoms with Gasteiger partial charge in [-0.05, 0) is 49.7 Å². The van der Waals surface area contributed by atoms with Gasteiger partial charge in [0.25, 0.3) is 10.0 Å². The van der Waals surface area contributed by atoms with Crippen LogP contribution in [0.25, 0.3) is 10.6 Å². The quantitative estimate of drug-likeness (QED) is 0.771. The number of hydrogen-bond donors (Lipinski definition) is 1. The van der Waals surface area contributed by atoms with E-state index < -0.39 is 15.8 Å². The second kappa shape index (κ2) is 5.78. The molecule has 0 spiro atoms. The summed E-state index contributed by atoms with van der Waals surface area (Å²) in [6, 6.07) is 8.78. The van der Waals surface area contributed by atoms with Crippen LogP contribution in [-0.4, -0.2) is 13.6 Å². The van der Waals surface area contributed by atoms with Crippen molar-refractivity contribution in [2.24, 2.45) is 0 Å². The van der Waals surface area contributed by atoms with Gasteiger partial charge in [-0.15, -0.1) is 11.3 Å². The Bertz CT molecular complexity index is 961. The Balaban J connectivity index is 1.89. The molecule has 5 nitrogen and oxygen atoms in total. The van der Waals surface area contributed by atoms with E-state index in [0.29, 0.717) is 21.9 Å². The lowest BCUT2D eigenvalue weighted by Gasteiger charge is -2.09. The van der Waals surface area contributed by atoms with Crippen LogP contribution >= 0.6 is 11.3 Å². The molecule has 0 unspecified atom stereocenters. The Morgan fingerprint density at radius 1 is 1.17 bits per heavy atom. The fourth-order valence-corrected chi connectivity index (χ4v) is 4.40. The minimum absolute atomic E-state index is 0.144. The largest absolute Gasteiger partial charge is 0.355 e. The zero-order valence-electron chi connectivity index (χ0n) is 12.3. The molecular weight excluding hydrogens is 339 g/mol. The second-order valence-corrected chi connectivity index (χ2v) is 8.01. The molecule has 0 amide bonds. The molecule has 1 N–H and O–H groups in total. The van der Waals surface area contributed by atoms with Gasteiger partial charge in [0.05, 0.1) is 16.3 Å². The molecule has 0 aliphatic carbocycles. The summed E-state index contributed by atoms with van der Waals surface area (Å²) in [5.41, 5.74) is 1.57. The predicted octanol–water partition coefficient (Wildman–Crippen LogP) is 3.96. The SMILES string of the molecule is Cc1cc(-c2ccc(S(=O)(=O)Nc3ccc(F)cc3C)s2)on1. The first-order chi connectivity index (χ1) is 10.8. The normalized spacial score (nSPS) is 11.6. The molecule has 3 rings (SSSR count). The highest BCUT2D eigenvalue weighted by Gasteiger charge is 2.19. The minimum Gasteiger partial charge on any atom is -0.355 e. The van der Waals surface area contributed by atoms with Crippen molar-refractivity contribution in [1.82, 2.24) is 5.16 Å². The monoisotopic (exact) mass is 352 g/mol. The van der Waals surface area contributed by atoms with Crippen LogP contribution in [0.2, 0.25) is 0 Å². The van der Waals surface area contributed by atoms with E-state index in [1.54, 1.807) is 26.0 Å². The Morgan fingerprint density at radius 2 is 1.96 bits per heavy atom. The molecule has 1 aromatic carbocycles. The van der Waals surface area contributed by atoms with E-state index in [1.807, 2.05) is 0 Å². The standard InChI is InChI=1S/C15H13FN2O3S2/c1-9-7-11(16)3-4-12(9)18-23(19,20)15-6-5-14(22-15)13-8-10(2)17-21-13/h3-8,18H,1-2H3. The molecule has 0 atom stereocenters. The van der Waals surface area contributed by atoms with Crippen LogP contribution in [-0.2, 0) is 10.0 Å². The Hall–Kier alpha value is -2.19.